The lowest BCUT2D eigenvalue weighted by Crippen LogP contribution is -2.27. The Labute approximate surface area is 100 Å². The fourth-order valence-electron chi connectivity index (χ4n) is 1.14. The van der Waals surface area contributed by atoms with Crippen LogP contribution < -0.4 is 5.32 Å². The fourth-order valence-corrected chi connectivity index (χ4v) is 1.72. The highest BCUT2D eigenvalue weighted by molar-refractivity contribution is 9.10. The molecule has 0 aliphatic rings. The molecule has 14 heavy (non-hydrogen) atoms. The van der Waals surface area contributed by atoms with Crippen molar-refractivity contribution < 1.29 is 4.79 Å². The zero-order valence-electron chi connectivity index (χ0n) is 7.76. The van der Waals surface area contributed by atoms with E-state index < -0.39 is 0 Å². The summed E-state index contributed by atoms with van der Waals surface area (Å²) in [5, 5.41) is 3.21. The second kappa shape index (κ2) is 5.51. The van der Waals surface area contributed by atoms with Gasteiger partial charge >= 0.3 is 0 Å². The van der Waals surface area contributed by atoms with E-state index in [1.54, 1.807) is 0 Å². The average molecular weight is 321 g/mol. The van der Waals surface area contributed by atoms with Gasteiger partial charge in [-0.05, 0) is 24.6 Å². The topological polar surface area (TPSA) is 29.1 Å². The van der Waals surface area contributed by atoms with Crippen molar-refractivity contribution in [3.8, 4) is 0 Å². The average Bonchev–Trinajstić information content (AvgIpc) is 2.17. The first kappa shape index (κ1) is 11.7. The van der Waals surface area contributed by atoms with Crippen molar-refractivity contribution in [1.29, 1.82) is 0 Å². The number of hydrogen-bond acceptors (Lipinski definition) is 1. The minimum Gasteiger partial charge on any atom is -0.349 e. The van der Waals surface area contributed by atoms with Crippen LogP contribution in [0.25, 0.3) is 0 Å². The van der Waals surface area contributed by atoms with Crippen molar-refractivity contribution >= 4 is 37.8 Å². The molecular formula is C10H11Br2NO. The molecule has 1 rings (SSSR count). The number of alkyl halides is 1. The predicted molar refractivity (Wildman–Crippen MR) is 64.5 cm³/mol. The summed E-state index contributed by atoms with van der Waals surface area (Å²) in [5.41, 5.74) is 1.09. The van der Waals surface area contributed by atoms with Gasteiger partial charge in [-0.2, -0.15) is 0 Å². The van der Waals surface area contributed by atoms with E-state index in [2.05, 4.69) is 37.2 Å². The van der Waals surface area contributed by atoms with Crippen LogP contribution in [0.4, 0.5) is 0 Å². The Hall–Kier alpha value is -0.350. The normalized spacial score (nSPS) is 12.2. The molecule has 0 aromatic heterocycles. The molecule has 0 bridgehead atoms. The van der Waals surface area contributed by atoms with Gasteiger partial charge in [0.1, 0.15) is 0 Å². The molecule has 0 radical (unpaired) electrons. The maximum atomic E-state index is 11.1. The van der Waals surface area contributed by atoms with Crippen molar-refractivity contribution in [3.63, 3.8) is 0 Å². The zero-order chi connectivity index (χ0) is 10.6. The Morgan fingerprint density at radius 2 is 2.29 bits per heavy atom. The van der Waals surface area contributed by atoms with Crippen LogP contribution in [0.5, 0.6) is 0 Å². The lowest BCUT2D eigenvalue weighted by atomic mass is 10.1. The Bertz CT molecular complexity index is 328. The Morgan fingerprint density at radius 3 is 2.86 bits per heavy atom. The van der Waals surface area contributed by atoms with Crippen LogP contribution >= 0.6 is 31.9 Å². The smallest absolute Gasteiger partial charge is 0.231 e. The molecule has 0 heterocycles. The molecule has 0 fully saturated rings. The molecule has 0 spiro atoms. The lowest BCUT2D eigenvalue weighted by molar-refractivity contribution is -0.119. The van der Waals surface area contributed by atoms with Crippen LogP contribution in [0.15, 0.2) is 28.7 Å². The van der Waals surface area contributed by atoms with E-state index in [9.17, 15) is 4.79 Å². The van der Waals surface area contributed by atoms with E-state index >= 15 is 0 Å². The van der Waals surface area contributed by atoms with Crippen LogP contribution in [-0.4, -0.2) is 11.2 Å². The van der Waals surface area contributed by atoms with E-state index in [0.29, 0.717) is 5.33 Å². The molecule has 1 N–H and O–H groups in total. The van der Waals surface area contributed by atoms with Gasteiger partial charge in [-0.25, -0.2) is 0 Å². The molecule has 1 aromatic carbocycles. The molecule has 1 amide bonds. The zero-order valence-corrected chi connectivity index (χ0v) is 10.9. The first-order chi connectivity index (χ1) is 6.63. The minimum atomic E-state index is -0.00234. The summed E-state index contributed by atoms with van der Waals surface area (Å²) >= 11 is 6.50. The molecule has 2 nitrogen and oxygen atoms in total. The van der Waals surface area contributed by atoms with E-state index in [4.69, 9.17) is 0 Å². The molecule has 4 heteroatoms. The highest BCUT2D eigenvalue weighted by Gasteiger charge is 2.07. The molecular weight excluding hydrogens is 310 g/mol. The first-order valence-electron chi connectivity index (χ1n) is 4.24. The highest BCUT2D eigenvalue weighted by Crippen LogP contribution is 2.17. The maximum Gasteiger partial charge on any atom is 0.231 e. The van der Waals surface area contributed by atoms with Gasteiger partial charge in [-0.3, -0.25) is 4.79 Å². The van der Waals surface area contributed by atoms with Crippen LogP contribution in [0.1, 0.15) is 18.5 Å². The van der Waals surface area contributed by atoms with Crippen molar-refractivity contribution in [2.45, 2.75) is 13.0 Å². The molecule has 1 aromatic rings. The van der Waals surface area contributed by atoms with E-state index in [1.807, 2.05) is 31.2 Å². The summed E-state index contributed by atoms with van der Waals surface area (Å²) < 4.78 is 1.02. The molecule has 0 unspecified atom stereocenters. The highest BCUT2D eigenvalue weighted by atomic mass is 79.9. The Balaban J connectivity index is 2.69. The second-order valence-electron chi connectivity index (χ2n) is 2.98. The van der Waals surface area contributed by atoms with E-state index in [-0.39, 0.29) is 11.9 Å². The van der Waals surface area contributed by atoms with Gasteiger partial charge in [-0.15, -0.1) is 0 Å². The monoisotopic (exact) mass is 319 g/mol. The molecule has 76 valence electrons. The van der Waals surface area contributed by atoms with Gasteiger partial charge in [0.05, 0.1) is 11.4 Å². The third-order valence-corrected chi connectivity index (χ3v) is 2.85. The number of hydrogen-bond donors (Lipinski definition) is 1. The van der Waals surface area contributed by atoms with Crippen molar-refractivity contribution in [2.75, 3.05) is 5.33 Å². The molecule has 0 saturated carbocycles. The van der Waals surface area contributed by atoms with Crippen LogP contribution in [0.2, 0.25) is 0 Å². The molecule has 1 atom stereocenters. The van der Waals surface area contributed by atoms with Gasteiger partial charge in [-0.1, -0.05) is 44.0 Å². The predicted octanol–water partition coefficient (Wildman–Crippen LogP) is 3.02. The van der Waals surface area contributed by atoms with Crippen LogP contribution in [0, 0.1) is 0 Å². The lowest BCUT2D eigenvalue weighted by Gasteiger charge is -2.13. The molecule has 0 aliphatic carbocycles. The molecule has 0 aliphatic heterocycles. The maximum absolute atomic E-state index is 11.1. The minimum absolute atomic E-state index is 0.00234. The van der Waals surface area contributed by atoms with Crippen molar-refractivity contribution in [1.82, 2.24) is 5.32 Å². The summed E-state index contributed by atoms with van der Waals surface area (Å²) in [6.07, 6.45) is 0. The van der Waals surface area contributed by atoms with Gasteiger partial charge in [0.25, 0.3) is 0 Å². The standard InChI is InChI=1S/C10H11Br2NO/c1-7(13-10(14)6-11)8-3-2-4-9(12)5-8/h2-5,7H,6H2,1H3,(H,13,14)/t7-/m1/s1. The van der Waals surface area contributed by atoms with Crippen LogP contribution in [0.3, 0.4) is 0 Å². The summed E-state index contributed by atoms with van der Waals surface area (Å²) in [7, 11) is 0. The van der Waals surface area contributed by atoms with E-state index in [1.165, 1.54) is 0 Å². The number of nitrogens with one attached hydrogen (secondary N) is 1. The number of rotatable bonds is 3. The summed E-state index contributed by atoms with van der Waals surface area (Å²) in [6.45, 7) is 1.96. The SMILES string of the molecule is C[C@@H](NC(=O)CBr)c1cccc(Br)c1. The number of amides is 1. The summed E-state index contributed by atoms with van der Waals surface area (Å²) in [5.74, 6) is -0.00234. The van der Waals surface area contributed by atoms with Gasteiger partial charge in [0.15, 0.2) is 0 Å². The Kier molecular flexibility index (Phi) is 4.62. The number of benzene rings is 1. The Morgan fingerprint density at radius 1 is 1.57 bits per heavy atom. The number of carbonyl (C=O) groups is 1. The van der Waals surface area contributed by atoms with Crippen molar-refractivity contribution in [2.24, 2.45) is 0 Å². The quantitative estimate of drug-likeness (QED) is 0.852. The first-order valence-corrected chi connectivity index (χ1v) is 6.15. The van der Waals surface area contributed by atoms with Gasteiger partial charge in [0, 0.05) is 4.47 Å². The summed E-state index contributed by atoms with van der Waals surface area (Å²) in [6, 6.07) is 7.94. The third kappa shape index (κ3) is 3.42. The van der Waals surface area contributed by atoms with Crippen LogP contribution in [-0.2, 0) is 4.79 Å². The third-order valence-electron chi connectivity index (χ3n) is 1.85. The number of halogens is 2. The largest absolute Gasteiger partial charge is 0.349 e. The summed E-state index contributed by atoms with van der Waals surface area (Å²) in [4.78, 5) is 11.1. The number of carbonyl (C=O) groups excluding carboxylic acids is 1. The van der Waals surface area contributed by atoms with Crippen molar-refractivity contribution in [3.05, 3.63) is 34.3 Å². The second-order valence-corrected chi connectivity index (χ2v) is 4.45. The van der Waals surface area contributed by atoms with Gasteiger partial charge < -0.3 is 5.32 Å². The fraction of sp³-hybridized carbons (Fsp3) is 0.300. The van der Waals surface area contributed by atoms with E-state index in [0.717, 1.165) is 10.0 Å². The van der Waals surface area contributed by atoms with Gasteiger partial charge in [0.2, 0.25) is 5.91 Å². The molecule has 0 saturated heterocycles.